The number of pyridine rings is 2. The van der Waals surface area contributed by atoms with Gasteiger partial charge in [0.2, 0.25) is 0 Å². The Balaban J connectivity index is 2.01. The Morgan fingerprint density at radius 1 is 1.29 bits per heavy atom. The third-order valence-corrected chi connectivity index (χ3v) is 4.85. The van der Waals surface area contributed by atoms with Crippen molar-refractivity contribution in [3.05, 3.63) is 47.0 Å². The Morgan fingerprint density at radius 3 is 2.82 bits per heavy atom. The number of aromatic nitrogens is 2. The molecule has 0 fully saturated rings. The van der Waals surface area contributed by atoms with E-state index in [-0.39, 0.29) is 11.6 Å². The normalized spacial score (nSPS) is 13.7. The molecule has 148 valence electrons. The Kier molecular flexibility index (Phi) is 6.67. The number of nitrogens with zero attached hydrogens (tertiary/aromatic N) is 2. The molecule has 3 aromatic rings. The molecule has 28 heavy (non-hydrogen) atoms. The molecule has 7 nitrogen and oxygen atoms in total. The van der Waals surface area contributed by atoms with Crippen molar-refractivity contribution in [1.29, 1.82) is 0 Å². The quantitative estimate of drug-likeness (QED) is 0.421. The SMILES string of the molecule is BN[C@H](COc1ccc2c3ccncc3c(=O)n(CCOC)c2c1)CC(C)O. The molecule has 1 unspecified atom stereocenters. The zero-order valence-electron chi connectivity index (χ0n) is 16.5. The maximum absolute atomic E-state index is 13.0. The third kappa shape index (κ3) is 4.35. The third-order valence-electron chi connectivity index (χ3n) is 4.85. The molecule has 2 atom stereocenters. The van der Waals surface area contributed by atoms with E-state index in [0.29, 0.717) is 37.3 Å². The largest absolute Gasteiger partial charge is 0.492 e. The van der Waals surface area contributed by atoms with Crippen LogP contribution in [0.4, 0.5) is 0 Å². The van der Waals surface area contributed by atoms with Gasteiger partial charge in [0.25, 0.3) is 5.56 Å². The lowest BCUT2D eigenvalue weighted by atomic mass is 10.1. The van der Waals surface area contributed by atoms with Crippen molar-refractivity contribution < 1.29 is 14.6 Å². The Hall–Kier alpha value is -2.42. The molecule has 8 heteroatoms. The number of benzene rings is 1. The van der Waals surface area contributed by atoms with Gasteiger partial charge in [-0.15, -0.1) is 0 Å². The first-order chi connectivity index (χ1) is 13.5. The molecule has 0 aliphatic rings. The van der Waals surface area contributed by atoms with Gasteiger partial charge in [0.15, 0.2) is 7.98 Å². The van der Waals surface area contributed by atoms with Gasteiger partial charge in [-0.05, 0) is 36.9 Å². The van der Waals surface area contributed by atoms with Crippen LogP contribution < -0.4 is 15.5 Å². The first kappa shape index (κ1) is 20.3. The number of aliphatic hydroxyl groups excluding tert-OH is 1. The highest BCUT2D eigenvalue weighted by Crippen LogP contribution is 2.26. The number of methoxy groups -OCH3 is 1. The van der Waals surface area contributed by atoms with E-state index in [1.54, 1.807) is 31.0 Å². The van der Waals surface area contributed by atoms with Gasteiger partial charge >= 0.3 is 0 Å². The van der Waals surface area contributed by atoms with Crippen molar-refractivity contribution >= 4 is 29.7 Å². The summed E-state index contributed by atoms with van der Waals surface area (Å²) in [6.07, 6.45) is 3.49. The van der Waals surface area contributed by atoms with Crippen molar-refractivity contribution in [1.82, 2.24) is 14.8 Å². The van der Waals surface area contributed by atoms with Crippen LogP contribution in [0, 0.1) is 0 Å². The topological polar surface area (TPSA) is 85.6 Å². The molecule has 0 aliphatic carbocycles. The standard InChI is InChI=1S/C20H26BN3O4/c1-13(25)9-14(23-21)12-28-15-3-4-17-16-5-6-22-11-18(16)20(26)24(7-8-27-2)19(17)10-15/h3-6,10-11,13-14,23,25H,7-9,12,21H2,1-2H3/t13?,14-/m0/s1. The van der Waals surface area contributed by atoms with E-state index in [4.69, 9.17) is 9.47 Å². The van der Waals surface area contributed by atoms with Gasteiger partial charge in [0, 0.05) is 43.5 Å². The second-order valence-corrected chi connectivity index (χ2v) is 6.93. The molecule has 0 amide bonds. The van der Waals surface area contributed by atoms with Crippen LogP contribution in [0.2, 0.25) is 0 Å². The molecule has 1 aromatic carbocycles. The second-order valence-electron chi connectivity index (χ2n) is 6.93. The van der Waals surface area contributed by atoms with Crippen LogP contribution in [0.25, 0.3) is 21.7 Å². The molecule has 0 saturated heterocycles. The summed E-state index contributed by atoms with van der Waals surface area (Å²) in [4.78, 5) is 17.1. The van der Waals surface area contributed by atoms with Crippen molar-refractivity contribution in [2.75, 3.05) is 20.3 Å². The van der Waals surface area contributed by atoms with Crippen LogP contribution in [-0.4, -0.2) is 55.1 Å². The Bertz CT molecular complexity index is 1010. The molecule has 0 spiro atoms. The van der Waals surface area contributed by atoms with E-state index >= 15 is 0 Å². The number of fused-ring (bicyclic) bond motifs is 3. The molecule has 2 aromatic heterocycles. The second kappa shape index (κ2) is 9.19. The van der Waals surface area contributed by atoms with Gasteiger partial charge in [0.05, 0.1) is 23.6 Å². The zero-order chi connectivity index (χ0) is 20.1. The molecular formula is C20H26BN3O4. The summed E-state index contributed by atoms with van der Waals surface area (Å²) in [7, 11) is 3.46. The lowest BCUT2D eigenvalue weighted by Gasteiger charge is -2.19. The highest BCUT2D eigenvalue weighted by Gasteiger charge is 2.13. The van der Waals surface area contributed by atoms with E-state index in [9.17, 15) is 9.90 Å². The first-order valence-electron chi connectivity index (χ1n) is 9.42. The van der Waals surface area contributed by atoms with E-state index < -0.39 is 6.10 Å². The summed E-state index contributed by atoms with van der Waals surface area (Å²) in [5, 5.41) is 15.2. The van der Waals surface area contributed by atoms with Crippen molar-refractivity contribution in [3.8, 4) is 5.75 Å². The highest BCUT2D eigenvalue weighted by atomic mass is 16.5. The molecule has 0 saturated carbocycles. The van der Waals surface area contributed by atoms with Crippen LogP contribution in [0.1, 0.15) is 13.3 Å². The summed E-state index contributed by atoms with van der Waals surface area (Å²) >= 11 is 0. The van der Waals surface area contributed by atoms with Gasteiger partial charge in [0.1, 0.15) is 12.4 Å². The van der Waals surface area contributed by atoms with Gasteiger partial charge in [-0.3, -0.25) is 9.78 Å². The average molecular weight is 383 g/mol. The number of rotatable bonds is 9. The Morgan fingerprint density at radius 2 is 2.11 bits per heavy atom. The van der Waals surface area contributed by atoms with Gasteiger partial charge < -0.3 is 24.4 Å². The van der Waals surface area contributed by atoms with E-state index in [0.717, 1.165) is 16.3 Å². The van der Waals surface area contributed by atoms with Gasteiger partial charge in [-0.25, -0.2) is 0 Å². The fourth-order valence-electron chi connectivity index (χ4n) is 3.39. The average Bonchev–Trinajstić information content (AvgIpc) is 2.70. The number of ether oxygens (including phenoxy) is 2. The molecule has 0 aliphatic heterocycles. The summed E-state index contributed by atoms with van der Waals surface area (Å²) in [6.45, 7) is 3.06. The van der Waals surface area contributed by atoms with Crippen LogP contribution in [-0.2, 0) is 11.3 Å². The predicted molar refractivity (Wildman–Crippen MR) is 113 cm³/mol. The lowest BCUT2D eigenvalue weighted by Crippen LogP contribution is -2.35. The smallest absolute Gasteiger partial charge is 0.260 e. The van der Waals surface area contributed by atoms with Crippen LogP contribution >= 0.6 is 0 Å². The van der Waals surface area contributed by atoms with Gasteiger partial charge in [-0.1, -0.05) is 0 Å². The fraction of sp³-hybridized carbons (Fsp3) is 0.400. The van der Waals surface area contributed by atoms with Crippen molar-refractivity contribution in [2.24, 2.45) is 0 Å². The summed E-state index contributed by atoms with van der Waals surface area (Å²) in [5.74, 6) is 0.678. The molecule has 0 bridgehead atoms. The Labute approximate surface area is 164 Å². The number of nitrogens with one attached hydrogen (secondary N) is 1. The summed E-state index contributed by atoms with van der Waals surface area (Å²) in [6, 6.07) is 7.66. The molecule has 2 heterocycles. The monoisotopic (exact) mass is 383 g/mol. The van der Waals surface area contributed by atoms with Crippen LogP contribution in [0.15, 0.2) is 41.5 Å². The van der Waals surface area contributed by atoms with E-state index in [2.05, 4.69) is 10.2 Å². The fourth-order valence-corrected chi connectivity index (χ4v) is 3.39. The van der Waals surface area contributed by atoms with Gasteiger partial charge in [-0.2, -0.15) is 0 Å². The number of aliphatic hydroxyl groups is 1. The highest BCUT2D eigenvalue weighted by molar-refractivity contribution is 6.05. The minimum atomic E-state index is -0.406. The maximum atomic E-state index is 13.0. The first-order valence-corrected chi connectivity index (χ1v) is 9.42. The molecular weight excluding hydrogens is 357 g/mol. The number of hydrogen-bond acceptors (Lipinski definition) is 6. The zero-order valence-corrected chi connectivity index (χ0v) is 16.5. The van der Waals surface area contributed by atoms with Crippen molar-refractivity contribution in [2.45, 2.75) is 32.0 Å². The van der Waals surface area contributed by atoms with E-state index in [1.807, 2.05) is 32.2 Å². The maximum Gasteiger partial charge on any atom is 0.260 e. The van der Waals surface area contributed by atoms with E-state index in [1.165, 1.54) is 0 Å². The molecule has 0 radical (unpaired) electrons. The van der Waals surface area contributed by atoms with Crippen LogP contribution in [0.3, 0.4) is 0 Å². The van der Waals surface area contributed by atoms with Crippen molar-refractivity contribution in [3.63, 3.8) is 0 Å². The summed E-state index contributed by atoms with van der Waals surface area (Å²) in [5.41, 5.74) is 0.710. The predicted octanol–water partition coefficient (Wildman–Crippen LogP) is 0.852. The lowest BCUT2D eigenvalue weighted by molar-refractivity contribution is 0.155. The molecule has 3 rings (SSSR count). The van der Waals surface area contributed by atoms with Crippen LogP contribution in [0.5, 0.6) is 5.75 Å². The summed E-state index contributed by atoms with van der Waals surface area (Å²) < 4.78 is 12.8. The minimum absolute atomic E-state index is 0.0362. The number of hydrogen-bond donors (Lipinski definition) is 2. The minimum Gasteiger partial charge on any atom is -0.492 e. The molecule has 2 N–H and O–H groups in total.